The Hall–Kier alpha value is -0.990. The van der Waals surface area contributed by atoms with Crippen LogP contribution in [0.25, 0.3) is 0 Å². The molecule has 1 aliphatic heterocycles. The minimum absolute atomic E-state index is 0.290. The number of hydrogen-bond acceptors (Lipinski definition) is 7. The standard InChI is InChI=1S/C13H19N5OS2/c1-7-8(2)21-11(5-20-7)12-17-13(19-18-12)10(14)3-9-4-15-6-16-9/h4,6-8,10-11H,3,5,14H2,1-2H3,(H,15,16). The zero-order valence-electron chi connectivity index (χ0n) is 12.0. The lowest BCUT2D eigenvalue weighted by molar-refractivity contribution is 0.349. The summed E-state index contributed by atoms with van der Waals surface area (Å²) in [4.78, 5) is 11.5. The van der Waals surface area contributed by atoms with E-state index in [2.05, 4.69) is 34.0 Å². The second-order valence-corrected chi connectivity index (χ2v) is 8.24. The predicted octanol–water partition coefficient (Wildman–Crippen LogP) is 2.33. The highest BCUT2D eigenvalue weighted by atomic mass is 32.2. The molecule has 1 saturated heterocycles. The van der Waals surface area contributed by atoms with E-state index in [0.717, 1.165) is 17.3 Å². The van der Waals surface area contributed by atoms with E-state index < -0.39 is 0 Å². The van der Waals surface area contributed by atoms with Crippen molar-refractivity contribution in [3.63, 3.8) is 0 Å². The predicted molar refractivity (Wildman–Crippen MR) is 85.2 cm³/mol. The van der Waals surface area contributed by atoms with Crippen LogP contribution in [0.3, 0.4) is 0 Å². The lowest BCUT2D eigenvalue weighted by Crippen LogP contribution is -2.22. The highest BCUT2D eigenvalue weighted by Crippen LogP contribution is 2.43. The maximum atomic E-state index is 6.12. The summed E-state index contributed by atoms with van der Waals surface area (Å²) in [5.74, 6) is 2.28. The second kappa shape index (κ2) is 6.41. The molecule has 21 heavy (non-hydrogen) atoms. The minimum Gasteiger partial charge on any atom is -0.348 e. The van der Waals surface area contributed by atoms with E-state index in [-0.39, 0.29) is 11.3 Å². The zero-order chi connectivity index (χ0) is 14.8. The number of nitrogens with zero attached hydrogens (tertiary/aromatic N) is 3. The van der Waals surface area contributed by atoms with Gasteiger partial charge in [-0.25, -0.2) is 4.98 Å². The van der Waals surface area contributed by atoms with Crippen molar-refractivity contribution in [2.75, 3.05) is 5.75 Å². The van der Waals surface area contributed by atoms with E-state index in [0.29, 0.717) is 22.8 Å². The van der Waals surface area contributed by atoms with E-state index in [4.69, 9.17) is 10.3 Å². The minimum atomic E-state index is -0.302. The van der Waals surface area contributed by atoms with Gasteiger partial charge in [0.1, 0.15) is 0 Å². The molecule has 4 atom stereocenters. The van der Waals surface area contributed by atoms with Gasteiger partial charge in [0.05, 0.1) is 17.6 Å². The Bertz CT molecular complexity index is 573. The summed E-state index contributed by atoms with van der Waals surface area (Å²) in [7, 11) is 0. The molecular weight excluding hydrogens is 306 g/mol. The fourth-order valence-electron chi connectivity index (χ4n) is 2.17. The summed E-state index contributed by atoms with van der Waals surface area (Å²) < 4.78 is 5.35. The number of imidazole rings is 1. The van der Waals surface area contributed by atoms with Crippen molar-refractivity contribution >= 4 is 23.5 Å². The third-order valence-electron chi connectivity index (χ3n) is 3.61. The first-order valence-corrected chi connectivity index (χ1v) is 8.96. The van der Waals surface area contributed by atoms with Crippen LogP contribution in [0.15, 0.2) is 17.0 Å². The molecule has 0 saturated carbocycles. The number of nitrogens with one attached hydrogen (secondary N) is 1. The molecule has 3 rings (SSSR count). The van der Waals surface area contributed by atoms with Crippen LogP contribution in [0.4, 0.5) is 0 Å². The van der Waals surface area contributed by atoms with Crippen molar-refractivity contribution in [3.05, 3.63) is 29.9 Å². The third-order valence-corrected chi connectivity index (χ3v) is 6.99. The summed E-state index contributed by atoms with van der Waals surface area (Å²) in [6, 6.07) is -0.302. The Balaban J connectivity index is 1.65. The van der Waals surface area contributed by atoms with Crippen molar-refractivity contribution in [1.29, 1.82) is 0 Å². The quantitative estimate of drug-likeness (QED) is 0.891. The first kappa shape index (κ1) is 14.9. The van der Waals surface area contributed by atoms with Crippen LogP contribution >= 0.6 is 23.5 Å². The van der Waals surface area contributed by atoms with Crippen LogP contribution in [-0.4, -0.2) is 36.4 Å². The fourth-order valence-corrected chi connectivity index (χ4v) is 5.00. The SMILES string of the molecule is CC1SCC(c2noc(C(N)Cc3cnc[nH]3)n2)SC1C. The van der Waals surface area contributed by atoms with Gasteiger partial charge in [0, 0.05) is 34.6 Å². The lowest BCUT2D eigenvalue weighted by Gasteiger charge is -2.29. The molecule has 1 fully saturated rings. The molecule has 6 nitrogen and oxygen atoms in total. The number of aromatic amines is 1. The second-order valence-electron chi connectivity index (χ2n) is 5.25. The topological polar surface area (TPSA) is 93.6 Å². The molecule has 4 unspecified atom stereocenters. The number of rotatable bonds is 4. The molecule has 0 bridgehead atoms. The molecule has 8 heteroatoms. The van der Waals surface area contributed by atoms with Gasteiger partial charge >= 0.3 is 0 Å². The average Bonchev–Trinajstić information content (AvgIpc) is 3.12. The number of H-pyrrole nitrogens is 1. The maximum Gasteiger partial charge on any atom is 0.244 e. The molecule has 2 aromatic rings. The molecule has 3 heterocycles. The fraction of sp³-hybridized carbons (Fsp3) is 0.615. The number of nitrogens with two attached hydrogens (primary N) is 1. The number of aromatic nitrogens is 4. The van der Waals surface area contributed by atoms with Crippen molar-refractivity contribution < 1.29 is 4.52 Å². The van der Waals surface area contributed by atoms with Crippen LogP contribution in [0.1, 0.15) is 42.5 Å². The number of hydrogen-bond donors (Lipinski definition) is 2. The van der Waals surface area contributed by atoms with Crippen molar-refractivity contribution in [2.45, 2.75) is 42.1 Å². The molecular formula is C13H19N5OS2. The molecule has 114 valence electrons. The number of thioether (sulfide) groups is 2. The van der Waals surface area contributed by atoms with Crippen molar-refractivity contribution in [3.8, 4) is 0 Å². The van der Waals surface area contributed by atoms with E-state index in [1.54, 1.807) is 12.5 Å². The van der Waals surface area contributed by atoms with Gasteiger partial charge < -0.3 is 15.2 Å². The van der Waals surface area contributed by atoms with Gasteiger partial charge in [-0.2, -0.15) is 16.7 Å². The first-order valence-electron chi connectivity index (χ1n) is 6.97. The Kier molecular flexibility index (Phi) is 4.56. The van der Waals surface area contributed by atoms with Crippen LogP contribution in [0.2, 0.25) is 0 Å². The summed E-state index contributed by atoms with van der Waals surface area (Å²) in [6.07, 6.45) is 4.01. The van der Waals surface area contributed by atoms with E-state index in [1.165, 1.54) is 0 Å². The van der Waals surface area contributed by atoms with Gasteiger partial charge in [0.25, 0.3) is 0 Å². The third kappa shape index (κ3) is 3.44. The van der Waals surface area contributed by atoms with Gasteiger partial charge in [-0.05, 0) is 0 Å². The monoisotopic (exact) mass is 325 g/mol. The van der Waals surface area contributed by atoms with Crippen LogP contribution < -0.4 is 5.73 Å². The average molecular weight is 325 g/mol. The van der Waals surface area contributed by atoms with Crippen molar-refractivity contribution in [2.24, 2.45) is 5.73 Å². The van der Waals surface area contributed by atoms with Gasteiger partial charge in [-0.3, -0.25) is 0 Å². The first-order chi connectivity index (χ1) is 10.1. The molecule has 0 aliphatic carbocycles. The van der Waals surface area contributed by atoms with Crippen LogP contribution in [0, 0.1) is 0 Å². The summed E-state index contributed by atoms with van der Waals surface area (Å²) in [6.45, 7) is 4.51. The molecule has 2 aromatic heterocycles. The molecule has 0 aromatic carbocycles. The van der Waals surface area contributed by atoms with Gasteiger partial charge in [-0.1, -0.05) is 19.0 Å². The lowest BCUT2D eigenvalue weighted by atomic mass is 10.2. The van der Waals surface area contributed by atoms with Gasteiger partial charge in [0.15, 0.2) is 5.82 Å². The highest BCUT2D eigenvalue weighted by Gasteiger charge is 2.30. The van der Waals surface area contributed by atoms with E-state index in [9.17, 15) is 0 Å². The summed E-state index contributed by atoms with van der Waals surface area (Å²) in [5.41, 5.74) is 7.09. The van der Waals surface area contributed by atoms with E-state index in [1.807, 2.05) is 23.5 Å². The Morgan fingerprint density at radius 1 is 1.48 bits per heavy atom. The Morgan fingerprint density at radius 3 is 3.05 bits per heavy atom. The Labute approximate surface area is 132 Å². The molecule has 0 spiro atoms. The summed E-state index contributed by atoms with van der Waals surface area (Å²) in [5, 5.41) is 5.67. The van der Waals surface area contributed by atoms with Crippen LogP contribution in [0.5, 0.6) is 0 Å². The Morgan fingerprint density at radius 2 is 2.33 bits per heavy atom. The maximum absolute atomic E-state index is 6.12. The highest BCUT2D eigenvalue weighted by molar-refractivity contribution is 8.07. The molecule has 1 aliphatic rings. The van der Waals surface area contributed by atoms with E-state index >= 15 is 0 Å². The zero-order valence-corrected chi connectivity index (χ0v) is 13.7. The van der Waals surface area contributed by atoms with Crippen LogP contribution in [-0.2, 0) is 6.42 Å². The molecule has 0 radical (unpaired) electrons. The molecule has 0 amide bonds. The van der Waals surface area contributed by atoms with Gasteiger partial charge in [0.2, 0.25) is 5.89 Å². The van der Waals surface area contributed by atoms with Gasteiger partial charge in [-0.15, -0.1) is 11.8 Å². The molecule has 3 N–H and O–H groups in total. The summed E-state index contributed by atoms with van der Waals surface area (Å²) >= 11 is 3.88. The van der Waals surface area contributed by atoms with Crippen molar-refractivity contribution in [1.82, 2.24) is 20.1 Å². The normalized spacial score (nSPS) is 27.7. The largest absolute Gasteiger partial charge is 0.348 e. The smallest absolute Gasteiger partial charge is 0.244 e.